The highest BCUT2D eigenvalue weighted by molar-refractivity contribution is 7.98. The maximum absolute atomic E-state index is 10.8. The number of thioether (sulfide) groups is 1. The minimum Gasteiger partial charge on any atom is -0.481 e. The lowest BCUT2D eigenvalue weighted by molar-refractivity contribution is -0.139. The third-order valence-corrected chi connectivity index (χ3v) is 4.69. The molecule has 0 aliphatic carbocycles. The molecule has 3 aromatic rings. The van der Waals surface area contributed by atoms with E-state index >= 15 is 0 Å². The molecular weight excluding hydrogens is 378 g/mol. The Kier molecular flexibility index (Phi) is 5.88. The Labute approximate surface area is 167 Å². The number of hydrogen-bond donors (Lipinski definition) is 1. The van der Waals surface area contributed by atoms with Gasteiger partial charge in [-0.25, -0.2) is 14.8 Å². The number of nitrogens with zero attached hydrogens (tertiary/aromatic N) is 3. The van der Waals surface area contributed by atoms with E-state index in [0.29, 0.717) is 33.9 Å². The van der Waals surface area contributed by atoms with Crippen molar-refractivity contribution in [3.63, 3.8) is 0 Å². The van der Waals surface area contributed by atoms with Gasteiger partial charge in [0.2, 0.25) is 5.89 Å². The second-order valence-corrected chi connectivity index (χ2v) is 7.82. The van der Waals surface area contributed by atoms with Gasteiger partial charge in [0.1, 0.15) is 5.75 Å². The van der Waals surface area contributed by atoms with E-state index in [-0.39, 0.29) is 6.61 Å². The largest absolute Gasteiger partial charge is 0.481 e. The number of fused-ring (bicyclic) bond motifs is 1. The molecule has 0 aliphatic heterocycles. The molecule has 0 atom stereocenters. The summed E-state index contributed by atoms with van der Waals surface area (Å²) >= 11 is 1.47. The van der Waals surface area contributed by atoms with Crippen LogP contribution in [0.25, 0.3) is 22.7 Å². The van der Waals surface area contributed by atoms with Crippen LogP contribution >= 0.6 is 11.8 Å². The van der Waals surface area contributed by atoms with Crippen molar-refractivity contribution in [2.75, 3.05) is 12.9 Å². The Balaban J connectivity index is 2.05. The monoisotopic (exact) mass is 401 g/mol. The zero-order valence-corrected chi connectivity index (χ0v) is 17.4. The minimum absolute atomic E-state index is 0.379. The van der Waals surface area contributed by atoms with Crippen molar-refractivity contribution in [1.82, 2.24) is 15.0 Å². The van der Waals surface area contributed by atoms with Gasteiger partial charge >= 0.3 is 5.97 Å². The number of aliphatic carboxylic acids is 1. The van der Waals surface area contributed by atoms with Crippen LogP contribution in [-0.4, -0.2) is 38.9 Å². The summed E-state index contributed by atoms with van der Waals surface area (Å²) in [6.07, 6.45) is 2.72. The third-order valence-electron chi connectivity index (χ3n) is 4.14. The maximum atomic E-state index is 10.8. The van der Waals surface area contributed by atoms with Crippen molar-refractivity contribution in [2.24, 2.45) is 5.92 Å². The van der Waals surface area contributed by atoms with Gasteiger partial charge in [0, 0.05) is 5.56 Å². The number of hydrogen-bond acceptors (Lipinski definition) is 7. The van der Waals surface area contributed by atoms with E-state index in [1.165, 1.54) is 11.8 Å². The molecule has 0 saturated heterocycles. The number of carbonyl (C=O) groups is 1. The summed E-state index contributed by atoms with van der Waals surface area (Å²) in [6, 6.07) is 3.75. The van der Waals surface area contributed by atoms with Gasteiger partial charge in [-0.3, -0.25) is 0 Å². The van der Waals surface area contributed by atoms with Crippen molar-refractivity contribution < 1.29 is 19.1 Å². The summed E-state index contributed by atoms with van der Waals surface area (Å²) in [5.41, 5.74) is 4.47. The number of aromatic nitrogens is 3. The second-order valence-electron chi connectivity index (χ2n) is 7.05. The highest BCUT2D eigenvalue weighted by Crippen LogP contribution is 2.32. The molecule has 0 fully saturated rings. The molecule has 8 heteroatoms. The van der Waals surface area contributed by atoms with Gasteiger partial charge in [0.25, 0.3) is 5.71 Å². The van der Waals surface area contributed by atoms with Crippen LogP contribution in [0.4, 0.5) is 0 Å². The van der Waals surface area contributed by atoms with Crippen molar-refractivity contribution >= 4 is 29.0 Å². The van der Waals surface area contributed by atoms with E-state index < -0.39 is 5.97 Å². The summed E-state index contributed by atoms with van der Waals surface area (Å²) in [5, 5.41) is 9.50. The van der Waals surface area contributed by atoms with Crippen LogP contribution in [0.15, 0.2) is 21.7 Å². The van der Waals surface area contributed by atoms with Crippen LogP contribution in [0.5, 0.6) is 5.75 Å². The number of aryl methyl sites for hydroxylation is 2. The summed E-state index contributed by atoms with van der Waals surface area (Å²) < 4.78 is 11.4. The van der Waals surface area contributed by atoms with Gasteiger partial charge in [-0.1, -0.05) is 25.6 Å². The quantitative estimate of drug-likeness (QED) is 0.462. The van der Waals surface area contributed by atoms with Gasteiger partial charge in [0.15, 0.2) is 17.3 Å². The summed E-state index contributed by atoms with van der Waals surface area (Å²) in [7, 11) is 0. The van der Waals surface area contributed by atoms with E-state index in [1.807, 2.05) is 32.2 Å². The molecule has 28 heavy (non-hydrogen) atoms. The number of benzene rings is 1. The van der Waals surface area contributed by atoms with Crippen LogP contribution in [0.2, 0.25) is 0 Å². The van der Waals surface area contributed by atoms with E-state index in [4.69, 9.17) is 14.3 Å². The predicted octanol–water partition coefficient (Wildman–Crippen LogP) is 4.29. The molecule has 0 radical (unpaired) electrons. The molecule has 2 heterocycles. The molecule has 2 aromatic heterocycles. The first-order chi connectivity index (χ1) is 13.3. The lowest BCUT2D eigenvalue weighted by Crippen LogP contribution is -2.10. The Hall–Kier alpha value is -2.61. The molecule has 1 aromatic carbocycles. The van der Waals surface area contributed by atoms with Crippen LogP contribution in [0.1, 0.15) is 30.7 Å². The molecule has 0 spiro atoms. The van der Waals surface area contributed by atoms with Gasteiger partial charge < -0.3 is 14.3 Å². The molecule has 7 nitrogen and oxygen atoms in total. The predicted molar refractivity (Wildman–Crippen MR) is 108 cm³/mol. The lowest BCUT2D eigenvalue weighted by atomic mass is 10.1. The first-order valence-corrected chi connectivity index (χ1v) is 10.2. The van der Waals surface area contributed by atoms with Gasteiger partial charge in [0.05, 0.1) is 5.69 Å². The molecule has 3 rings (SSSR count). The number of carboxylic acid groups (broad SMARTS) is 1. The average molecular weight is 401 g/mol. The van der Waals surface area contributed by atoms with Crippen LogP contribution in [-0.2, 0) is 11.2 Å². The normalized spacial score (nSPS) is 11.4. The first-order valence-electron chi connectivity index (χ1n) is 8.96. The first kappa shape index (κ1) is 20.1. The van der Waals surface area contributed by atoms with Crippen LogP contribution in [0, 0.1) is 19.8 Å². The van der Waals surface area contributed by atoms with E-state index in [9.17, 15) is 4.79 Å². The zero-order valence-electron chi connectivity index (χ0n) is 16.6. The molecule has 0 saturated carbocycles. The fraction of sp³-hybridized carbons (Fsp3) is 0.400. The fourth-order valence-corrected chi connectivity index (χ4v) is 3.41. The summed E-state index contributed by atoms with van der Waals surface area (Å²) in [5.74, 6) is 0.446. The van der Waals surface area contributed by atoms with Gasteiger partial charge in [-0.15, -0.1) is 0 Å². The van der Waals surface area contributed by atoms with E-state index in [2.05, 4.69) is 28.8 Å². The fourth-order valence-electron chi connectivity index (χ4n) is 3.04. The van der Waals surface area contributed by atoms with Crippen molar-refractivity contribution in [3.05, 3.63) is 29.0 Å². The minimum atomic E-state index is -1.01. The highest BCUT2D eigenvalue weighted by Gasteiger charge is 2.18. The smallest absolute Gasteiger partial charge is 0.341 e. The van der Waals surface area contributed by atoms with Gasteiger partial charge in [-0.05, 0) is 55.7 Å². The van der Waals surface area contributed by atoms with Crippen molar-refractivity contribution in [3.8, 4) is 17.2 Å². The standard InChI is InChI=1S/C20H23N3O4S/c1-10(2)6-14-16-19(23-20(21-14)28-5)27-18(22-16)13-7-11(3)17(12(4)8-13)26-9-15(24)25/h7-8,10H,6,9H2,1-5H3,(H,24,25). The number of oxazole rings is 1. The number of carboxylic acids is 1. The zero-order chi connectivity index (χ0) is 20.4. The SMILES string of the molecule is CSc1nc(CC(C)C)c2nc(-c3cc(C)c(OCC(=O)O)c(C)c3)oc2n1. The topological polar surface area (TPSA) is 98.3 Å². The van der Waals surface area contributed by atoms with E-state index in [0.717, 1.165) is 28.8 Å². The Morgan fingerprint density at radius 1 is 1.21 bits per heavy atom. The second kappa shape index (κ2) is 8.18. The van der Waals surface area contributed by atoms with Crippen molar-refractivity contribution in [1.29, 1.82) is 0 Å². The summed E-state index contributed by atoms with van der Waals surface area (Å²) in [6.45, 7) is 7.63. The van der Waals surface area contributed by atoms with Gasteiger partial charge in [-0.2, -0.15) is 4.98 Å². The molecule has 0 bridgehead atoms. The van der Waals surface area contributed by atoms with E-state index in [1.54, 1.807) is 0 Å². The molecular formula is C20H23N3O4S. The third kappa shape index (κ3) is 4.27. The number of ether oxygens (including phenoxy) is 1. The molecule has 0 amide bonds. The molecule has 148 valence electrons. The highest BCUT2D eigenvalue weighted by atomic mass is 32.2. The van der Waals surface area contributed by atoms with Crippen molar-refractivity contribution in [2.45, 2.75) is 39.3 Å². The average Bonchev–Trinajstić information content (AvgIpc) is 3.04. The lowest BCUT2D eigenvalue weighted by Gasteiger charge is -2.11. The van der Waals surface area contributed by atoms with Crippen LogP contribution in [0.3, 0.4) is 0 Å². The Bertz CT molecular complexity index is 1010. The molecule has 1 N–H and O–H groups in total. The molecule has 0 unspecified atom stereocenters. The number of rotatable bonds is 7. The summed E-state index contributed by atoms with van der Waals surface area (Å²) in [4.78, 5) is 24.5. The molecule has 0 aliphatic rings. The Morgan fingerprint density at radius 2 is 1.89 bits per heavy atom. The maximum Gasteiger partial charge on any atom is 0.341 e. The Morgan fingerprint density at radius 3 is 2.46 bits per heavy atom. The van der Waals surface area contributed by atoms with Crippen LogP contribution < -0.4 is 4.74 Å².